The zero-order chi connectivity index (χ0) is 12.4. The van der Waals surface area contributed by atoms with Crippen LogP contribution in [-0.4, -0.2) is 34.5 Å². The van der Waals surface area contributed by atoms with Gasteiger partial charge in [-0.05, 0) is 13.2 Å². The molecule has 0 saturated heterocycles. The first-order chi connectivity index (χ1) is 8.19. The van der Waals surface area contributed by atoms with Crippen molar-refractivity contribution in [3.05, 3.63) is 17.3 Å². The summed E-state index contributed by atoms with van der Waals surface area (Å²) < 4.78 is 2.08. The van der Waals surface area contributed by atoms with Gasteiger partial charge in [0.15, 0.2) is 10.8 Å². The summed E-state index contributed by atoms with van der Waals surface area (Å²) >= 11 is 9.54. The number of anilines is 1. The monoisotopic (exact) mass is 289 g/mol. The lowest BCUT2D eigenvalue weighted by Crippen LogP contribution is -2.31. The summed E-state index contributed by atoms with van der Waals surface area (Å²) in [5, 5.41) is 2.04. The number of hydrogen-bond acceptors (Lipinski definition) is 4. The van der Waals surface area contributed by atoms with Crippen molar-refractivity contribution in [1.29, 1.82) is 0 Å². The van der Waals surface area contributed by atoms with Crippen LogP contribution in [0.1, 0.15) is 12.6 Å². The quantitative estimate of drug-likeness (QED) is 0.788. The van der Waals surface area contributed by atoms with Crippen molar-refractivity contribution in [3.8, 4) is 0 Å². The predicted octanol–water partition coefficient (Wildman–Crippen LogP) is 3.32. The number of aromatic nitrogens is 2. The molecule has 0 aliphatic heterocycles. The van der Waals surface area contributed by atoms with E-state index in [0.29, 0.717) is 11.9 Å². The Labute approximate surface area is 115 Å². The van der Waals surface area contributed by atoms with E-state index in [1.54, 1.807) is 11.3 Å². The van der Waals surface area contributed by atoms with Crippen LogP contribution in [-0.2, 0) is 5.88 Å². The van der Waals surface area contributed by atoms with Crippen molar-refractivity contribution < 1.29 is 0 Å². The maximum atomic E-state index is 6.05. The van der Waals surface area contributed by atoms with E-state index in [9.17, 15) is 0 Å². The topological polar surface area (TPSA) is 20.5 Å². The molecule has 0 aromatic carbocycles. The Hall–Kier alpha value is -0.390. The molecule has 0 spiro atoms. The summed E-state index contributed by atoms with van der Waals surface area (Å²) in [5.41, 5.74) is 1.08. The molecular weight excluding hydrogens is 274 g/mol. The molecule has 2 aromatic rings. The van der Waals surface area contributed by atoms with Gasteiger partial charge in [0.05, 0.1) is 11.6 Å². The van der Waals surface area contributed by atoms with E-state index < -0.39 is 0 Å². The number of thiazole rings is 1. The summed E-state index contributed by atoms with van der Waals surface area (Å²) in [6.45, 7) is 2.21. The molecule has 0 fully saturated rings. The average molecular weight is 290 g/mol. The highest BCUT2D eigenvalue weighted by Gasteiger charge is 2.19. The van der Waals surface area contributed by atoms with Gasteiger partial charge >= 0.3 is 0 Å². The standard InChI is InChI=1S/C11H16ClN3S2/c1-8(7-16-3)14(2)10-9(6-12)15-4-5-17-11(15)13-10/h4-5,8H,6-7H2,1-3H3. The van der Waals surface area contributed by atoms with E-state index in [-0.39, 0.29) is 0 Å². The Bertz CT molecular complexity index is 494. The molecule has 2 aromatic heterocycles. The van der Waals surface area contributed by atoms with E-state index in [4.69, 9.17) is 11.6 Å². The molecule has 0 radical (unpaired) electrons. The summed E-state index contributed by atoms with van der Waals surface area (Å²) in [4.78, 5) is 7.89. The van der Waals surface area contributed by atoms with E-state index >= 15 is 0 Å². The van der Waals surface area contributed by atoms with E-state index in [0.717, 1.165) is 22.2 Å². The van der Waals surface area contributed by atoms with E-state index in [1.165, 1.54) is 0 Å². The fraction of sp³-hybridized carbons (Fsp3) is 0.545. The van der Waals surface area contributed by atoms with E-state index in [2.05, 4.69) is 34.5 Å². The Morgan fingerprint density at radius 2 is 2.41 bits per heavy atom. The van der Waals surface area contributed by atoms with Gasteiger partial charge < -0.3 is 4.90 Å². The van der Waals surface area contributed by atoms with Gasteiger partial charge in [0.2, 0.25) is 0 Å². The van der Waals surface area contributed by atoms with Gasteiger partial charge in [0, 0.05) is 30.4 Å². The number of halogens is 1. The van der Waals surface area contributed by atoms with Crippen molar-refractivity contribution >= 4 is 45.5 Å². The minimum atomic E-state index is 0.455. The number of fused-ring (bicyclic) bond motifs is 1. The Morgan fingerprint density at radius 1 is 1.65 bits per heavy atom. The summed E-state index contributed by atoms with van der Waals surface area (Å²) in [6.07, 6.45) is 4.15. The summed E-state index contributed by atoms with van der Waals surface area (Å²) in [5.74, 6) is 2.58. The number of thioether (sulfide) groups is 1. The third-order valence-electron chi connectivity index (χ3n) is 2.87. The third kappa shape index (κ3) is 2.41. The molecule has 0 aliphatic carbocycles. The Balaban J connectivity index is 2.36. The SMILES string of the molecule is CSCC(C)N(C)c1nc2sccn2c1CCl. The van der Waals surface area contributed by atoms with Crippen molar-refractivity contribution in [2.24, 2.45) is 0 Å². The maximum Gasteiger partial charge on any atom is 0.195 e. The lowest BCUT2D eigenvalue weighted by atomic mass is 10.3. The minimum absolute atomic E-state index is 0.455. The molecule has 17 heavy (non-hydrogen) atoms. The van der Waals surface area contributed by atoms with Crippen LogP contribution in [0.25, 0.3) is 4.96 Å². The van der Waals surface area contributed by atoms with Crippen LogP contribution in [0.4, 0.5) is 5.82 Å². The third-order valence-corrected chi connectivity index (χ3v) is 4.70. The molecule has 94 valence electrons. The molecular formula is C11H16ClN3S2. The van der Waals surface area contributed by atoms with Crippen LogP contribution < -0.4 is 4.90 Å². The van der Waals surface area contributed by atoms with Crippen LogP contribution in [0.15, 0.2) is 11.6 Å². The molecule has 0 N–H and O–H groups in total. The minimum Gasteiger partial charge on any atom is -0.355 e. The fourth-order valence-corrected chi connectivity index (χ4v) is 3.47. The maximum absolute atomic E-state index is 6.05. The van der Waals surface area contributed by atoms with Crippen molar-refractivity contribution in [2.45, 2.75) is 18.8 Å². The molecule has 3 nitrogen and oxygen atoms in total. The van der Waals surface area contributed by atoms with Crippen LogP contribution in [0, 0.1) is 0 Å². The summed E-state index contributed by atoms with van der Waals surface area (Å²) in [7, 11) is 2.09. The second-order valence-corrected chi connectivity index (χ2v) is 6.04. The number of imidazole rings is 1. The van der Waals surface area contributed by atoms with Crippen LogP contribution in [0.3, 0.4) is 0 Å². The molecule has 0 amide bonds. The normalized spacial score (nSPS) is 13.2. The highest BCUT2D eigenvalue weighted by atomic mass is 35.5. The van der Waals surface area contributed by atoms with Crippen LogP contribution in [0.5, 0.6) is 0 Å². The molecule has 0 saturated carbocycles. The fourth-order valence-electron chi connectivity index (χ4n) is 1.79. The summed E-state index contributed by atoms with van der Waals surface area (Å²) in [6, 6.07) is 0.455. The highest BCUT2D eigenvalue weighted by molar-refractivity contribution is 7.98. The second kappa shape index (κ2) is 5.50. The predicted molar refractivity (Wildman–Crippen MR) is 78.9 cm³/mol. The first-order valence-electron chi connectivity index (χ1n) is 5.41. The number of rotatable bonds is 5. The molecule has 1 atom stereocenters. The molecule has 1 unspecified atom stereocenters. The van der Waals surface area contributed by atoms with E-state index in [1.807, 2.05) is 23.3 Å². The molecule has 0 aliphatic rings. The average Bonchev–Trinajstić information content (AvgIpc) is 2.87. The van der Waals surface area contributed by atoms with Crippen molar-refractivity contribution in [2.75, 3.05) is 24.0 Å². The van der Waals surface area contributed by atoms with Gasteiger partial charge in [0.25, 0.3) is 0 Å². The molecule has 2 rings (SSSR count). The highest BCUT2D eigenvalue weighted by Crippen LogP contribution is 2.26. The van der Waals surface area contributed by atoms with Crippen molar-refractivity contribution in [1.82, 2.24) is 9.38 Å². The lowest BCUT2D eigenvalue weighted by Gasteiger charge is -2.25. The zero-order valence-corrected chi connectivity index (χ0v) is 12.6. The van der Waals surface area contributed by atoms with Gasteiger partial charge in [-0.2, -0.15) is 11.8 Å². The Morgan fingerprint density at radius 3 is 3.06 bits per heavy atom. The van der Waals surface area contributed by atoms with Crippen molar-refractivity contribution in [3.63, 3.8) is 0 Å². The molecule has 6 heteroatoms. The molecule has 2 heterocycles. The van der Waals surface area contributed by atoms with Crippen LogP contribution in [0.2, 0.25) is 0 Å². The Kier molecular flexibility index (Phi) is 4.22. The lowest BCUT2D eigenvalue weighted by molar-refractivity contribution is 0.752. The number of alkyl halides is 1. The van der Waals surface area contributed by atoms with Gasteiger partial charge in [-0.25, -0.2) is 4.98 Å². The van der Waals surface area contributed by atoms with Gasteiger partial charge in [0.1, 0.15) is 0 Å². The smallest absolute Gasteiger partial charge is 0.195 e. The second-order valence-electron chi connectivity index (χ2n) is 3.99. The van der Waals surface area contributed by atoms with Gasteiger partial charge in [-0.3, -0.25) is 4.40 Å². The largest absolute Gasteiger partial charge is 0.355 e. The number of hydrogen-bond donors (Lipinski definition) is 0. The first-order valence-corrected chi connectivity index (χ1v) is 8.22. The van der Waals surface area contributed by atoms with Gasteiger partial charge in [-0.1, -0.05) is 0 Å². The first kappa shape index (κ1) is 13.1. The van der Waals surface area contributed by atoms with Crippen LogP contribution >= 0.6 is 34.7 Å². The van der Waals surface area contributed by atoms with Gasteiger partial charge in [-0.15, -0.1) is 22.9 Å². The zero-order valence-electron chi connectivity index (χ0n) is 10.2. The number of nitrogens with zero attached hydrogens (tertiary/aromatic N) is 3. The molecule has 0 bridgehead atoms.